The van der Waals surface area contributed by atoms with E-state index in [-0.39, 0.29) is 5.91 Å². The largest absolute Gasteiger partial charge is 0.327 e. The molecule has 0 aromatic heterocycles. The van der Waals surface area contributed by atoms with Crippen LogP contribution in [0.2, 0.25) is 0 Å². The molecule has 1 saturated carbocycles. The molecule has 0 unspecified atom stereocenters. The Hall–Kier alpha value is -2.13. The van der Waals surface area contributed by atoms with Gasteiger partial charge in [0, 0.05) is 23.2 Å². The smallest absolute Gasteiger partial charge is 0.255 e. The van der Waals surface area contributed by atoms with E-state index in [4.69, 9.17) is 5.73 Å². The maximum Gasteiger partial charge on any atom is 0.255 e. The fourth-order valence-corrected chi connectivity index (χ4v) is 2.51. The van der Waals surface area contributed by atoms with Crippen molar-refractivity contribution in [2.75, 3.05) is 5.32 Å². The average molecular weight is 280 g/mol. The number of nitrogens with two attached hydrogens (primary N) is 1. The number of rotatable bonds is 4. The zero-order valence-corrected chi connectivity index (χ0v) is 12.2. The lowest BCUT2D eigenvalue weighted by molar-refractivity contribution is 0.102. The van der Waals surface area contributed by atoms with Gasteiger partial charge in [-0.05, 0) is 48.2 Å². The first-order valence-electron chi connectivity index (χ1n) is 7.43. The van der Waals surface area contributed by atoms with Gasteiger partial charge in [0.15, 0.2) is 0 Å². The number of carbonyl (C=O) groups excluding carboxylic acids is 1. The van der Waals surface area contributed by atoms with Crippen molar-refractivity contribution in [1.29, 1.82) is 0 Å². The monoisotopic (exact) mass is 280 g/mol. The minimum Gasteiger partial charge on any atom is -0.327 e. The highest BCUT2D eigenvalue weighted by Gasteiger charge is 2.34. The lowest BCUT2D eigenvalue weighted by Crippen LogP contribution is -2.11. The summed E-state index contributed by atoms with van der Waals surface area (Å²) in [6.07, 6.45) is 2.04. The first-order valence-corrected chi connectivity index (χ1v) is 7.43. The highest BCUT2D eigenvalue weighted by Crippen LogP contribution is 2.39. The van der Waals surface area contributed by atoms with Crippen molar-refractivity contribution in [2.24, 2.45) is 5.73 Å². The Kier molecular flexibility index (Phi) is 3.76. The molecule has 0 bridgehead atoms. The molecule has 0 heterocycles. The summed E-state index contributed by atoms with van der Waals surface area (Å²) in [5.74, 6) is 0.421. The lowest BCUT2D eigenvalue weighted by Gasteiger charge is -2.07. The highest BCUT2D eigenvalue weighted by molar-refractivity contribution is 6.04. The molecule has 1 fully saturated rings. The predicted octanol–water partition coefficient (Wildman–Crippen LogP) is 3.32. The maximum absolute atomic E-state index is 12.2. The first-order chi connectivity index (χ1) is 10.2. The SMILES string of the molecule is CCc1ccc(C(=O)Nc2ccc([C@@H]3C[C@H]3N)cc2)cc1. The van der Waals surface area contributed by atoms with Crippen LogP contribution in [-0.2, 0) is 6.42 Å². The van der Waals surface area contributed by atoms with Crippen LogP contribution in [0.4, 0.5) is 5.69 Å². The van der Waals surface area contributed by atoms with E-state index in [9.17, 15) is 4.79 Å². The van der Waals surface area contributed by atoms with Gasteiger partial charge < -0.3 is 11.1 Å². The summed E-state index contributed by atoms with van der Waals surface area (Å²) < 4.78 is 0. The van der Waals surface area contributed by atoms with Gasteiger partial charge in [-0.15, -0.1) is 0 Å². The Labute approximate surface area is 125 Å². The molecule has 0 aliphatic heterocycles. The number of carbonyl (C=O) groups is 1. The number of nitrogens with one attached hydrogen (secondary N) is 1. The van der Waals surface area contributed by atoms with Crippen molar-refractivity contribution >= 4 is 11.6 Å². The van der Waals surface area contributed by atoms with Crippen LogP contribution in [0.1, 0.15) is 40.7 Å². The van der Waals surface area contributed by atoms with E-state index in [0.29, 0.717) is 17.5 Å². The molecule has 21 heavy (non-hydrogen) atoms. The molecule has 0 spiro atoms. The van der Waals surface area contributed by atoms with Gasteiger partial charge in [-0.25, -0.2) is 0 Å². The fraction of sp³-hybridized carbons (Fsp3) is 0.278. The Morgan fingerprint density at radius 3 is 2.29 bits per heavy atom. The Morgan fingerprint density at radius 2 is 1.76 bits per heavy atom. The van der Waals surface area contributed by atoms with Crippen molar-refractivity contribution in [2.45, 2.75) is 31.7 Å². The van der Waals surface area contributed by atoms with Crippen LogP contribution >= 0.6 is 0 Å². The van der Waals surface area contributed by atoms with E-state index in [0.717, 1.165) is 18.5 Å². The maximum atomic E-state index is 12.2. The molecule has 3 heteroatoms. The van der Waals surface area contributed by atoms with Crippen molar-refractivity contribution < 1.29 is 4.79 Å². The zero-order valence-electron chi connectivity index (χ0n) is 12.2. The van der Waals surface area contributed by atoms with Crippen LogP contribution in [0.25, 0.3) is 0 Å². The third-order valence-electron chi connectivity index (χ3n) is 4.06. The van der Waals surface area contributed by atoms with Gasteiger partial charge in [-0.1, -0.05) is 31.2 Å². The van der Waals surface area contributed by atoms with Crippen LogP contribution in [0.3, 0.4) is 0 Å². The Balaban J connectivity index is 1.66. The molecule has 108 valence electrons. The van der Waals surface area contributed by atoms with E-state index in [1.54, 1.807) is 0 Å². The summed E-state index contributed by atoms with van der Waals surface area (Å²) in [6, 6.07) is 16.0. The molecule has 3 rings (SSSR count). The summed E-state index contributed by atoms with van der Waals surface area (Å²) in [5.41, 5.74) is 9.84. The molecule has 1 amide bonds. The number of hydrogen-bond acceptors (Lipinski definition) is 2. The van der Waals surface area contributed by atoms with Gasteiger partial charge in [0.1, 0.15) is 0 Å². The summed E-state index contributed by atoms with van der Waals surface area (Å²) >= 11 is 0. The zero-order chi connectivity index (χ0) is 14.8. The number of anilines is 1. The third kappa shape index (κ3) is 3.14. The molecular formula is C18H20N2O. The standard InChI is InChI=1S/C18H20N2O/c1-2-12-3-5-14(6-4-12)18(21)20-15-9-7-13(8-10-15)16-11-17(16)19/h3-10,16-17H,2,11,19H2,1H3,(H,20,21)/t16-,17+/m0/s1. The van der Waals surface area contributed by atoms with Crippen molar-refractivity contribution in [3.63, 3.8) is 0 Å². The lowest BCUT2D eigenvalue weighted by atomic mass is 10.1. The van der Waals surface area contributed by atoms with E-state index >= 15 is 0 Å². The van der Waals surface area contributed by atoms with Crippen LogP contribution in [0, 0.1) is 0 Å². The highest BCUT2D eigenvalue weighted by atomic mass is 16.1. The fourth-order valence-electron chi connectivity index (χ4n) is 2.51. The number of benzene rings is 2. The van der Waals surface area contributed by atoms with Gasteiger partial charge >= 0.3 is 0 Å². The van der Waals surface area contributed by atoms with Gasteiger partial charge in [0.25, 0.3) is 5.91 Å². The second kappa shape index (κ2) is 5.70. The van der Waals surface area contributed by atoms with E-state index in [1.165, 1.54) is 11.1 Å². The van der Waals surface area contributed by atoms with Gasteiger partial charge in [-0.3, -0.25) is 4.79 Å². The first kappa shape index (κ1) is 13.8. The van der Waals surface area contributed by atoms with E-state index < -0.39 is 0 Å². The van der Waals surface area contributed by atoms with Crippen molar-refractivity contribution in [3.05, 3.63) is 65.2 Å². The van der Waals surface area contributed by atoms with Crippen LogP contribution in [0.5, 0.6) is 0 Å². The van der Waals surface area contributed by atoms with Crippen LogP contribution in [-0.4, -0.2) is 11.9 Å². The van der Waals surface area contributed by atoms with Crippen molar-refractivity contribution in [1.82, 2.24) is 0 Å². The summed E-state index contributed by atoms with van der Waals surface area (Å²) in [6.45, 7) is 2.10. The molecule has 2 atom stereocenters. The normalized spacial score (nSPS) is 20.1. The number of amides is 1. The molecule has 0 saturated heterocycles. The molecule has 2 aromatic rings. The molecule has 3 nitrogen and oxygen atoms in total. The predicted molar refractivity (Wildman–Crippen MR) is 85.5 cm³/mol. The minimum absolute atomic E-state index is 0.0754. The topological polar surface area (TPSA) is 55.1 Å². The average Bonchev–Trinajstić information content (AvgIpc) is 3.25. The van der Waals surface area contributed by atoms with Crippen molar-refractivity contribution in [3.8, 4) is 0 Å². The third-order valence-corrected chi connectivity index (χ3v) is 4.06. The quantitative estimate of drug-likeness (QED) is 0.902. The number of aryl methyl sites for hydroxylation is 1. The van der Waals surface area contributed by atoms with Gasteiger partial charge in [-0.2, -0.15) is 0 Å². The molecule has 0 radical (unpaired) electrons. The summed E-state index contributed by atoms with van der Waals surface area (Å²) in [5, 5.41) is 2.92. The molecule has 1 aliphatic rings. The van der Waals surface area contributed by atoms with Crippen LogP contribution in [0.15, 0.2) is 48.5 Å². The summed E-state index contributed by atoms with van der Waals surface area (Å²) in [4.78, 5) is 12.2. The van der Waals surface area contributed by atoms with Crippen LogP contribution < -0.4 is 11.1 Å². The van der Waals surface area contributed by atoms with Gasteiger partial charge in [0.2, 0.25) is 0 Å². The molecular weight excluding hydrogens is 260 g/mol. The number of hydrogen-bond donors (Lipinski definition) is 2. The molecule has 2 aromatic carbocycles. The Bertz CT molecular complexity index is 631. The Morgan fingerprint density at radius 1 is 1.14 bits per heavy atom. The second-order valence-electron chi connectivity index (χ2n) is 5.63. The second-order valence-corrected chi connectivity index (χ2v) is 5.63. The molecule has 3 N–H and O–H groups in total. The van der Waals surface area contributed by atoms with E-state index in [2.05, 4.69) is 12.2 Å². The van der Waals surface area contributed by atoms with E-state index in [1.807, 2.05) is 48.5 Å². The summed E-state index contributed by atoms with van der Waals surface area (Å²) in [7, 11) is 0. The molecule has 1 aliphatic carbocycles. The minimum atomic E-state index is -0.0754. The van der Waals surface area contributed by atoms with Gasteiger partial charge in [0.05, 0.1) is 0 Å².